The van der Waals surface area contributed by atoms with Gasteiger partial charge in [0.05, 0.1) is 11.1 Å². The molecule has 1 amide bonds. The molecule has 0 radical (unpaired) electrons. The van der Waals surface area contributed by atoms with Gasteiger partial charge < -0.3 is 5.32 Å². The van der Waals surface area contributed by atoms with Crippen molar-refractivity contribution < 1.29 is 4.79 Å². The lowest BCUT2D eigenvalue weighted by Crippen LogP contribution is -2.30. The molecule has 5 nitrogen and oxygen atoms in total. The summed E-state index contributed by atoms with van der Waals surface area (Å²) in [6.07, 6.45) is 0. The monoisotopic (exact) mass is 435 g/mol. The quantitative estimate of drug-likeness (QED) is 0.470. The van der Waals surface area contributed by atoms with E-state index in [0.717, 1.165) is 30.7 Å². The van der Waals surface area contributed by atoms with Crippen molar-refractivity contribution in [2.24, 2.45) is 0 Å². The number of nitrogens with zero attached hydrogens (tertiary/aromatic N) is 2. The van der Waals surface area contributed by atoms with Gasteiger partial charge in [0, 0.05) is 14.7 Å². The Morgan fingerprint density at radius 3 is 2.53 bits per heavy atom. The molecule has 2 aromatic heterocycles. The van der Waals surface area contributed by atoms with Crippen molar-refractivity contribution in [1.82, 2.24) is 9.55 Å². The molecular formula is C23H21N3O2S2. The van der Waals surface area contributed by atoms with Crippen LogP contribution in [-0.4, -0.2) is 15.5 Å². The number of aromatic nitrogens is 2. The SMILES string of the molecule is Cc1sc2nc(C)n(CC(=O)Nc3ccccc3Sc3ccccc3)c(=O)c2c1C. The van der Waals surface area contributed by atoms with E-state index in [1.165, 1.54) is 15.9 Å². The summed E-state index contributed by atoms with van der Waals surface area (Å²) in [4.78, 5) is 34.2. The molecule has 0 aliphatic heterocycles. The molecule has 2 heterocycles. The molecule has 0 saturated carbocycles. The van der Waals surface area contributed by atoms with Crippen LogP contribution < -0.4 is 10.9 Å². The molecule has 0 aliphatic carbocycles. The molecule has 0 unspecified atom stereocenters. The minimum absolute atomic E-state index is 0.0771. The largest absolute Gasteiger partial charge is 0.323 e. The van der Waals surface area contributed by atoms with Gasteiger partial charge in [0.1, 0.15) is 17.2 Å². The fourth-order valence-corrected chi connectivity index (χ4v) is 5.21. The molecule has 0 fully saturated rings. The molecule has 4 aromatic rings. The molecule has 30 heavy (non-hydrogen) atoms. The van der Waals surface area contributed by atoms with Gasteiger partial charge in [-0.05, 0) is 50.6 Å². The van der Waals surface area contributed by atoms with E-state index >= 15 is 0 Å². The topological polar surface area (TPSA) is 64.0 Å². The maximum Gasteiger partial charge on any atom is 0.263 e. The van der Waals surface area contributed by atoms with Gasteiger partial charge in [-0.2, -0.15) is 0 Å². The molecule has 2 aromatic carbocycles. The van der Waals surface area contributed by atoms with Gasteiger partial charge in [-0.1, -0.05) is 42.1 Å². The normalized spacial score (nSPS) is 11.0. The number of benzene rings is 2. The van der Waals surface area contributed by atoms with Gasteiger partial charge in [-0.3, -0.25) is 14.2 Å². The second-order valence-electron chi connectivity index (χ2n) is 6.97. The van der Waals surface area contributed by atoms with Crippen LogP contribution in [0.4, 0.5) is 5.69 Å². The van der Waals surface area contributed by atoms with Crippen LogP contribution in [0.5, 0.6) is 0 Å². The van der Waals surface area contributed by atoms with Crippen LogP contribution in [-0.2, 0) is 11.3 Å². The second-order valence-corrected chi connectivity index (χ2v) is 9.29. The van der Waals surface area contributed by atoms with Crippen LogP contribution >= 0.6 is 23.1 Å². The van der Waals surface area contributed by atoms with Crippen molar-refractivity contribution in [2.45, 2.75) is 37.1 Å². The molecule has 4 rings (SSSR count). The van der Waals surface area contributed by atoms with Gasteiger partial charge in [0.25, 0.3) is 5.56 Å². The summed E-state index contributed by atoms with van der Waals surface area (Å²) in [6.45, 7) is 5.59. The fourth-order valence-electron chi connectivity index (χ4n) is 3.22. The highest BCUT2D eigenvalue weighted by molar-refractivity contribution is 7.99. The van der Waals surface area contributed by atoms with Crippen LogP contribution in [0.25, 0.3) is 10.2 Å². The van der Waals surface area contributed by atoms with Crippen molar-refractivity contribution in [3.8, 4) is 0 Å². The highest BCUT2D eigenvalue weighted by Crippen LogP contribution is 2.33. The van der Waals surface area contributed by atoms with E-state index in [9.17, 15) is 9.59 Å². The smallest absolute Gasteiger partial charge is 0.263 e. The molecule has 1 N–H and O–H groups in total. The number of fused-ring (bicyclic) bond motifs is 1. The van der Waals surface area contributed by atoms with Crippen molar-refractivity contribution in [2.75, 3.05) is 5.32 Å². The number of aryl methyl sites for hydroxylation is 3. The molecule has 7 heteroatoms. The third-order valence-corrected chi connectivity index (χ3v) is 7.10. The predicted octanol–water partition coefficient (Wildman–Crippen LogP) is 5.17. The van der Waals surface area contributed by atoms with Gasteiger partial charge in [-0.15, -0.1) is 11.3 Å². The lowest BCUT2D eigenvalue weighted by Gasteiger charge is -2.13. The Morgan fingerprint density at radius 2 is 1.77 bits per heavy atom. The number of rotatable bonds is 5. The maximum absolute atomic E-state index is 13.0. The fraction of sp³-hybridized carbons (Fsp3) is 0.174. The van der Waals surface area contributed by atoms with E-state index in [1.807, 2.05) is 68.4 Å². The van der Waals surface area contributed by atoms with Crippen molar-refractivity contribution >= 4 is 44.9 Å². The number of thiophene rings is 1. The summed E-state index contributed by atoms with van der Waals surface area (Å²) in [5.41, 5.74) is 1.49. The molecule has 0 aliphatic rings. The highest BCUT2D eigenvalue weighted by Gasteiger charge is 2.17. The Kier molecular flexibility index (Phi) is 5.74. The van der Waals surface area contributed by atoms with Crippen LogP contribution in [0.15, 0.2) is 69.2 Å². The Labute approximate surface area is 182 Å². The van der Waals surface area contributed by atoms with E-state index in [1.54, 1.807) is 18.7 Å². The Bertz CT molecular complexity index is 1290. The number of nitrogens with one attached hydrogen (secondary N) is 1. The number of amides is 1. The van der Waals surface area contributed by atoms with Crippen molar-refractivity contribution in [3.63, 3.8) is 0 Å². The lowest BCUT2D eigenvalue weighted by molar-refractivity contribution is -0.116. The van der Waals surface area contributed by atoms with Crippen LogP contribution in [0.1, 0.15) is 16.3 Å². The van der Waals surface area contributed by atoms with Crippen molar-refractivity contribution in [3.05, 3.63) is 81.2 Å². The molecule has 0 atom stereocenters. The molecule has 0 spiro atoms. The third-order valence-electron chi connectivity index (χ3n) is 4.91. The number of carbonyl (C=O) groups is 1. The molecule has 0 saturated heterocycles. The number of anilines is 1. The zero-order valence-electron chi connectivity index (χ0n) is 16.9. The summed E-state index contributed by atoms with van der Waals surface area (Å²) < 4.78 is 1.45. The van der Waals surface area contributed by atoms with Crippen LogP contribution in [0, 0.1) is 20.8 Å². The molecule has 0 bridgehead atoms. The summed E-state index contributed by atoms with van der Waals surface area (Å²) >= 11 is 3.09. The van der Waals surface area contributed by atoms with Crippen LogP contribution in [0.2, 0.25) is 0 Å². The van der Waals surface area contributed by atoms with Crippen LogP contribution in [0.3, 0.4) is 0 Å². The standard InChI is InChI=1S/C23H21N3O2S2/c1-14-15(2)29-22-21(14)23(28)26(16(3)24-22)13-20(27)25-18-11-7-8-12-19(18)30-17-9-5-4-6-10-17/h4-12H,13H2,1-3H3,(H,25,27). The first-order valence-corrected chi connectivity index (χ1v) is 11.2. The van der Waals surface area contributed by atoms with Crippen molar-refractivity contribution in [1.29, 1.82) is 0 Å². The zero-order valence-corrected chi connectivity index (χ0v) is 18.6. The summed E-state index contributed by atoms with van der Waals surface area (Å²) in [5.74, 6) is 0.280. The average Bonchev–Trinajstić information content (AvgIpc) is 3.01. The predicted molar refractivity (Wildman–Crippen MR) is 124 cm³/mol. The minimum Gasteiger partial charge on any atom is -0.323 e. The zero-order chi connectivity index (χ0) is 21.3. The number of carbonyl (C=O) groups excluding carboxylic acids is 1. The first-order chi connectivity index (χ1) is 14.4. The van der Waals surface area contributed by atoms with Gasteiger partial charge >= 0.3 is 0 Å². The maximum atomic E-state index is 13.0. The number of hydrogen-bond acceptors (Lipinski definition) is 5. The van der Waals surface area contributed by atoms with E-state index in [4.69, 9.17) is 0 Å². The van der Waals surface area contributed by atoms with Gasteiger partial charge in [-0.25, -0.2) is 4.98 Å². The van der Waals surface area contributed by atoms with Gasteiger partial charge in [0.15, 0.2) is 0 Å². The Balaban J connectivity index is 1.59. The summed E-state index contributed by atoms with van der Waals surface area (Å²) in [6, 6.07) is 17.6. The Hall–Kier alpha value is -2.90. The number of para-hydroxylation sites is 1. The van der Waals surface area contributed by atoms with E-state index in [2.05, 4.69) is 10.3 Å². The van der Waals surface area contributed by atoms with E-state index < -0.39 is 0 Å². The third kappa shape index (κ3) is 4.04. The van der Waals surface area contributed by atoms with E-state index in [0.29, 0.717) is 11.2 Å². The number of hydrogen-bond donors (Lipinski definition) is 1. The van der Waals surface area contributed by atoms with E-state index in [-0.39, 0.29) is 18.0 Å². The molecular weight excluding hydrogens is 414 g/mol. The Morgan fingerprint density at radius 1 is 1.07 bits per heavy atom. The minimum atomic E-state index is -0.257. The highest BCUT2D eigenvalue weighted by atomic mass is 32.2. The molecule has 152 valence electrons. The summed E-state index contributed by atoms with van der Waals surface area (Å²) in [5, 5.41) is 3.56. The first kappa shape index (κ1) is 20.4. The average molecular weight is 436 g/mol. The van der Waals surface area contributed by atoms with Gasteiger partial charge in [0.2, 0.25) is 5.91 Å². The second kappa shape index (κ2) is 8.45. The summed E-state index contributed by atoms with van der Waals surface area (Å²) in [7, 11) is 0. The lowest BCUT2D eigenvalue weighted by atomic mass is 10.2. The first-order valence-electron chi connectivity index (χ1n) is 9.53.